The molecule has 1 aromatic heterocycles. The Balaban J connectivity index is 1.02. The molecule has 0 bridgehead atoms. The Morgan fingerprint density at radius 1 is 1.16 bits per heavy atom. The predicted octanol–water partition coefficient (Wildman–Crippen LogP) is 2.63. The Labute approximate surface area is 324 Å². The molecule has 16 heteroatoms. The van der Waals surface area contributed by atoms with Gasteiger partial charge in [-0.1, -0.05) is 25.5 Å². The number of benzene rings is 2. The molecule has 0 spiro atoms. The molecule has 298 valence electrons. The number of halogens is 2. The summed E-state index contributed by atoms with van der Waals surface area (Å²) in [6, 6.07) is 10.7. The second kappa shape index (κ2) is 17.8. The average molecular weight is 774 g/mol. The van der Waals surface area contributed by atoms with Crippen molar-refractivity contribution < 1.29 is 33.0 Å². The molecular weight excluding hydrogens is 724 g/mol. The van der Waals surface area contributed by atoms with E-state index in [1.807, 2.05) is 34.9 Å². The molecule has 7 N–H and O–H groups in total. The smallest absolute Gasteiger partial charge is 0.243 e. The highest BCUT2D eigenvalue weighted by molar-refractivity contribution is 5.90. The highest BCUT2D eigenvalue weighted by Gasteiger charge is 2.38. The number of likely N-dealkylation sites (N-methyl/N-ethyl adjacent to an activating group) is 1. The predicted molar refractivity (Wildman–Crippen MR) is 207 cm³/mol. The molecule has 0 radical (unpaired) electrons. The Morgan fingerprint density at radius 3 is 2.66 bits per heavy atom. The summed E-state index contributed by atoms with van der Waals surface area (Å²) in [5.74, 6) is -1.43. The number of nitrogens with zero attached hydrogens (tertiary/aromatic N) is 5. The fourth-order valence-electron chi connectivity index (χ4n) is 7.64. The molecule has 2 saturated heterocycles. The summed E-state index contributed by atoms with van der Waals surface area (Å²) >= 11 is 0. The monoisotopic (exact) mass is 773 g/mol. The number of ether oxygens (including phenoxy) is 1. The van der Waals surface area contributed by atoms with Crippen molar-refractivity contribution in [2.45, 2.75) is 57.5 Å². The molecule has 3 atom stereocenters. The third-order valence-corrected chi connectivity index (χ3v) is 10.7. The number of phenolic OH excluding ortho intramolecular Hbond substituents is 1. The van der Waals surface area contributed by atoms with Crippen LogP contribution in [0, 0.1) is 11.6 Å². The number of aldehydes is 1. The number of pyridine rings is 1. The van der Waals surface area contributed by atoms with Crippen molar-refractivity contribution in [3.05, 3.63) is 100 Å². The summed E-state index contributed by atoms with van der Waals surface area (Å²) in [6.45, 7) is 6.34. The highest BCUT2D eigenvalue weighted by atomic mass is 19.1. The van der Waals surface area contributed by atoms with Crippen LogP contribution in [-0.4, -0.2) is 108 Å². The van der Waals surface area contributed by atoms with Gasteiger partial charge >= 0.3 is 0 Å². The number of carbonyl (C=O) groups is 3. The Kier molecular flexibility index (Phi) is 12.7. The fourth-order valence-corrected chi connectivity index (χ4v) is 7.64. The first-order valence-corrected chi connectivity index (χ1v) is 18.8. The highest BCUT2D eigenvalue weighted by Crippen LogP contribution is 2.32. The average Bonchev–Trinajstić information content (AvgIpc) is 3.60. The van der Waals surface area contributed by atoms with E-state index in [-0.39, 0.29) is 29.3 Å². The van der Waals surface area contributed by atoms with Gasteiger partial charge in [-0.05, 0) is 49.4 Å². The van der Waals surface area contributed by atoms with Crippen LogP contribution in [0.25, 0.3) is 5.70 Å². The maximum Gasteiger partial charge on any atom is 0.243 e. The lowest BCUT2D eigenvalue weighted by molar-refractivity contribution is -0.129. The van der Waals surface area contributed by atoms with E-state index in [0.29, 0.717) is 100 Å². The number of rotatable bonds is 15. The lowest BCUT2D eigenvalue weighted by Crippen LogP contribution is -2.46. The van der Waals surface area contributed by atoms with Crippen LogP contribution in [0.3, 0.4) is 0 Å². The first-order valence-electron chi connectivity index (χ1n) is 18.8. The maximum absolute atomic E-state index is 15.4. The first kappa shape index (κ1) is 39.9. The molecule has 56 heavy (non-hydrogen) atoms. The number of aromatic nitrogens is 1. The molecule has 2 amide bonds. The number of hydrogen-bond acceptors (Lipinski definition) is 13. The molecule has 0 aliphatic carbocycles. The standard InChI is InChI=1S/C40H49F2N9O5/c1-3-5-36(40(55)47-24-53)48(2)20-25-8-9-27(14-26(25)23-52)50-12-10-49(11-13-50)22-35-33(42)16-29(19-45-35)56-30-15-28-18-46-39(44)37(51(28)21-30)17-34(43)31-6-4-7-32(41)38(31)54/h4,6-9,14,16-17,19,23-24,28,30,36,46,54H,3,5,10-13,15,18,20-22,43-44H2,1-2H3,(H,47,53,55)/b34-17-. The van der Waals surface area contributed by atoms with Crippen LogP contribution < -0.4 is 31.7 Å². The van der Waals surface area contributed by atoms with Crippen molar-refractivity contribution in [3.63, 3.8) is 0 Å². The molecule has 4 heterocycles. The van der Waals surface area contributed by atoms with Crippen LogP contribution in [0.4, 0.5) is 14.5 Å². The Bertz CT molecular complexity index is 1990. The van der Waals surface area contributed by atoms with Crippen LogP contribution in [-0.2, 0) is 22.7 Å². The summed E-state index contributed by atoms with van der Waals surface area (Å²) in [5.41, 5.74) is 16.0. The molecule has 2 fully saturated rings. The molecule has 6 rings (SSSR count). The zero-order valence-corrected chi connectivity index (χ0v) is 31.6. The molecule has 3 aliphatic heterocycles. The van der Waals surface area contributed by atoms with Gasteiger partial charge in [-0.3, -0.25) is 34.5 Å². The lowest BCUT2D eigenvalue weighted by Gasteiger charge is -2.36. The Hall–Kier alpha value is -5.74. The minimum absolute atomic E-state index is 0.0146. The van der Waals surface area contributed by atoms with Crippen LogP contribution in [0.15, 0.2) is 66.3 Å². The number of nitrogens with two attached hydrogens (primary N) is 2. The molecule has 3 aromatic rings. The number of anilines is 1. The van der Waals surface area contributed by atoms with Crippen LogP contribution in [0.1, 0.15) is 53.4 Å². The summed E-state index contributed by atoms with van der Waals surface area (Å²) in [6.07, 6.45) is 6.03. The fraction of sp³-hybridized carbons (Fsp3) is 0.400. The van der Waals surface area contributed by atoms with Gasteiger partial charge in [0.05, 0.1) is 36.2 Å². The van der Waals surface area contributed by atoms with Crippen molar-refractivity contribution in [2.24, 2.45) is 11.5 Å². The van der Waals surface area contributed by atoms with Gasteiger partial charge in [0, 0.05) is 80.8 Å². The van der Waals surface area contributed by atoms with Crippen molar-refractivity contribution in [1.82, 2.24) is 30.3 Å². The summed E-state index contributed by atoms with van der Waals surface area (Å²) in [4.78, 5) is 48.0. The van der Waals surface area contributed by atoms with Gasteiger partial charge < -0.3 is 36.4 Å². The molecule has 3 aliphatic rings. The van der Waals surface area contributed by atoms with E-state index in [4.69, 9.17) is 16.2 Å². The number of allylic oxidation sites excluding steroid dienone is 1. The number of aromatic hydroxyl groups is 1. The van der Waals surface area contributed by atoms with E-state index in [0.717, 1.165) is 30.0 Å². The number of carbonyl (C=O) groups excluding carboxylic acids is 3. The van der Waals surface area contributed by atoms with Gasteiger partial charge in [-0.15, -0.1) is 0 Å². The van der Waals surface area contributed by atoms with E-state index in [2.05, 4.69) is 25.4 Å². The van der Waals surface area contributed by atoms with Crippen LogP contribution in [0.2, 0.25) is 0 Å². The molecule has 0 saturated carbocycles. The Morgan fingerprint density at radius 2 is 1.95 bits per heavy atom. The van der Waals surface area contributed by atoms with Gasteiger partial charge in [-0.2, -0.15) is 0 Å². The van der Waals surface area contributed by atoms with Crippen molar-refractivity contribution in [2.75, 3.05) is 51.2 Å². The van der Waals surface area contributed by atoms with E-state index in [1.165, 1.54) is 18.2 Å². The lowest BCUT2D eigenvalue weighted by atomic mass is 10.0. The van der Waals surface area contributed by atoms with Gasteiger partial charge in [0.25, 0.3) is 0 Å². The van der Waals surface area contributed by atoms with E-state index >= 15 is 4.39 Å². The molecule has 14 nitrogen and oxygen atoms in total. The second-order valence-corrected chi connectivity index (χ2v) is 14.4. The number of phenols is 1. The SMILES string of the molecule is CCCC(C(=O)NC=O)N(C)Cc1ccc(N2CCN(Cc3ncc(OC4CC5CNC(N)=C(/C=C(\N)c6cccc(F)c6O)N5C4)cc3F)CC2)cc1C=O. The normalized spacial score (nSPS) is 19.4. The largest absolute Gasteiger partial charge is 0.504 e. The number of nitrogens with one attached hydrogen (secondary N) is 2. The molecule has 2 aromatic carbocycles. The van der Waals surface area contributed by atoms with Crippen LogP contribution >= 0.6 is 0 Å². The minimum atomic E-state index is -0.775. The van der Waals surface area contributed by atoms with Crippen molar-refractivity contribution in [1.29, 1.82) is 0 Å². The zero-order chi connectivity index (χ0) is 39.9. The van der Waals surface area contributed by atoms with Gasteiger partial charge in [0.2, 0.25) is 12.3 Å². The van der Waals surface area contributed by atoms with Gasteiger partial charge in [-0.25, -0.2) is 8.78 Å². The van der Waals surface area contributed by atoms with E-state index < -0.39 is 23.4 Å². The minimum Gasteiger partial charge on any atom is -0.504 e. The topological polar surface area (TPSA) is 183 Å². The number of imide groups is 1. The van der Waals surface area contributed by atoms with Crippen molar-refractivity contribution >= 4 is 30.0 Å². The number of piperazine rings is 1. The summed E-state index contributed by atoms with van der Waals surface area (Å²) in [5, 5.41) is 15.6. The number of para-hydroxylation sites is 1. The first-order chi connectivity index (χ1) is 27.0. The van der Waals surface area contributed by atoms with E-state index in [1.54, 1.807) is 19.3 Å². The number of fused-ring (bicyclic) bond motifs is 1. The zero-order valence-electron chi connectivity index (χ0n) is 31.6. The van der Waals surface area contributed by atoms with Crippen molar-refractivity contribution in [3.8, 4) is 11.5 Å². The van der Waals surface area contributed by atoms with Gasteiger partial charge in [0.15, 0.2) is 11.6 Å². The van der Waals surface area contributed by atoms with Gasteiger partial charge in [0.1, 0.15) is 29.8 Å². The quantitative estimate of drug-likeness (QED) is 0.142. The summed E-state index contributed by atoms with van der Waals surface area (Å²) < 4.78 is 35.6. The third-order valence-electron chi connectivity index (χ3n) is 10.7. The van der Waals surface area contributed by atoms with E-state index in [9.17, 15) is 23.9 Å². The number of hydrogen-bond donors (Lipinski definition) is 5. The maximum atomic E-state index is 15.4. The summed E-state index contributed by atoms with van der Waals surface area (Å²) in [7, 11) is 1.80. The third kappa shape index (κ3) is 9.03. The second-order valence-electron chi connectivity index (χ2n) is 14.4. The molecular formula is C40H49F2N9O5. The van der Waals surface area contributed by atoms with Crippen LogP contribution in [0.5, 0.6) is 11.5 Å². The molecule has 3 unspecified atom stereocenters. The number of amides is 2.